The van der Waals surface area contributed by atoms with Crippen molar-refractivity contribution in [1.82, 2.24) is 19.9 Å². The van der Waals surface area contributed by atoms with Crippen molar-refractivity contribution in [3.05, 3.63) is 41.5 Å². The Kier molecular flexibility index (Phi) is 5.63. The van der Waals surface area contributed by atoms with Crippen LogP contribution in [0.4, 0.5) is 20.4 Å². The molecule has 0 spiro atoms. The lowest BCUT2D eigenvalue weighted by Crippen LogP contribution is -2.46. The lowest BCUT2D eigenvalue weighted by molar-refractivity contribution is 0.122. The molecule has 2 aliphatic heterocycles. The minimum Gasteiger partial charge on any atom is -0.378 e. The van der Waals surface area contributed by atoms with Gasteiger partial charge in [0.05, 0.1) is 25.6 Å². The van der Waals surface area contributed by atoms with E-state index in [-0.39, 0.29) is 12.1 Å². The molecule has 2 fully saturated rings. The van der Waals surface area contributed by atoms with Crippen LogP contribution in [0.25, 0.3) is 0 Å². The van der Waals surface area contributed by atoms with Crippen LogP contribution in [0.5, 0.6) is 0 Å². The van der Waals surface area contributed by atoms with Gasteiger partial charge in [0, 0.05) is 57.4 Å². The second-order valence-electron chi connectivity index (χ2n) is 7.08. The predicted octanol–water partition coefficient (Wildman–Crippen LogP) is 1.62. The lowest BCUT2D eigenvalue weighted by Gasteiger charge is -2.36. The first-order valence-electron chi connectivity index (χ1n) is 9.54. The summed E-state index contributed by atoms with van der Waals surface area (Å²) in [4.78, 5) is 19.2. The average Bonchev–Trinajstić information content (AvgIpc) is 2.71. The third kappa shape index (κ3) is 4.20. The Bertz CT molecular complexity index is 802. The zero-order valence-electron chi connectivity index (χ0n) is 15.9. The molecule has 0 saturated carbocycles. The molecule has 4 heterocycles. The zero-order valence-corrected chi connectivity index (χ0v) is 15.9. The number of pyridine rings is 1. The molecule has 2 aliphatic rings. The Morgan fingerprint density at radius 2 is 1.46 bits per heavy atom. The minimum atomic E-state index is -0.594. The molecular formula is C19H24F2N6O. The summed E-state index contributed by atoms with van der Waals surface area (Å²) in [5.41, 5.74) is 0.0796. The topological polar surface area (TPSA) is 57.6 Å². The van der Waals surface area contributed by atoms with E-state index in [4.69, 9.17) is 4.74 Å². The van der Waals surface area contributed by atoms with Gasteiger partial charge in [0.15, 0.2) is 0 Å². The van der Waals surface area contributed by atoms with Crippen molar-refractivity contribution in [2.75, 3.05) is 62.3 Å². The van der Waals surface area contributed by atoms with E-state index in [1.807, 2.05) is 13.0 Å². The molecule has 2 aromatic heterocycles. The van der Waals surface area contributed by atoms with Gasteiger partial charge in [0.2, 0.25) is 0 Å². The fourth-order valence-corrected chi connectivity index (χ4v) is 3.60. The summed E-state index contributed by atoms with van der Waals surface area (Å²) in [6.07, 6.45) is 2.12. The number of ether oxygens (including phenoxy) is 1. The summed E-state index contributed by atoms with van der Waals surface area (Å²) in [5.74, 6) is 1.37. The van der Waals surface area contributed by atoms with Crippen LogP contribution in [0.1, 0.15) is 11.4 Å². The molecular weight excluding hydrogens is 366 g/mol. The fraction of sp³-hybridized carbons (Fsp3) is 0.526. The maximum atomic E-state index is 13.8. The molecule has 150 valence electrons. The van der Waals surface area contributed by atoms with Crippen molar-refractivity contribution >= 4 is 11.6 Å². The van der Waals surface area contributed by atoms with Gasteiger partial charge in [0.1, 0.15) is 29.1 Å². The van der Waals surface area contributed by atoms with Crippen molar-refractivity contribution in [1.29, 1.82) is 0 Å². The Labute approximate surface area is 163 Å². The number of halogens is 2. The Morgan fingerprint density at radius 1 is 0.893 bits per heavy atom. The van der Waals surface area contributed by atoms with Gasteiger partial charge >= 0.3 is 0 Å². The van der Waals surface area contributed by atoms with E-state index in [0.29, 0.717) is 26.3 Å². The van der Waals surface area contributed by atoms with Crippen molar-refractivity contribution in [2.45, 2.75) is 13.5 Å². The van der Waals surface area contributed by atoms with Gasteiger partial charge in [-0.1, -0.05) is 0 Å². The quantitative estimate of drug-likeness (QED) is 0.786. The van der Waals surface area contributed by atoms with Crippen LogP contribution in [-0.2, 0) is 11.3 Å². The molecule has 28 heavy (non-hydrogen) atoms. The van der Waals surface area contributed by atoms with Gasteiger partial charge in [-0.15, -0.1) is 0 Å². The molecule has 2 aromatic rings. The van der Waals surface area contributed by atoms with Crippen molar-refractivity contribution in [3.63, 3.8) is 0 Å². The van der Waals surface area contributed by atoms with Crippen LogP contribution in [0.2, 0.25) is 0 Å². The summed E-state index contributed by atoms with van der Waals surface area (Å²) in [5, 5.41) is 0. The highest BCUT2D eigenvalue weighted by atomic mass is 19.1. The largest absolute Gasteiger partial charge is 0.378 e. The molecule has 0 aromatic carbocycles. The van der Waals surface area contributed by atoms with E-state index in [1.54, 1.807) is 0 Å². The molecule has 0 unspecified atom stereocenters. The molecule has 0 amide bonds. The van der Waals surface area contributed by atoms with Crippen LogP contribution in [0.15, 0.2) is 18.5 Å². The van der Waals surface area contributed by atoms with E-state index in [1.165, 1.54) is 0 Å². The highest BCUT2D eigenvalue weighted by Gasteiger charge is 2.22. The Hall–Kier alpha value is -2.39. The van der Waals surface area contributed by atoms with E-state index in [0.717, 1.165) is 56.0 Å². The summed E-state index contributed by atoms with van der Waals surface area (Å²) in [6, 6.07) is 2.02. The summed E-state index contributed by atoms with van der Waals surface area (Å²) in [6.45, 7) is 8.11. The highest BCUT2D eigenvalue weighted by Crippen LogP contribution is 2.22. The standard InChI is InChI=1S/C19H24F2N6O/c1-14-23-18(10-19(24-14)27-6-8-28-9-7-27)26-4-2-25(3-5-26)13-15-16(20)11-22-12-17(15)21/h10-12H,2-9,13H2,1H3. The van der Waals surface area contributed by atoms with E-state index < -0.39 is 11.6 Å². The molecule has 0 bridgehead atoms. The highest BCUT2D eigenvalue weighted by molar-refractivity contribution is 5.51. The first kappa shape index (κ1) is 18.9. The number of aryl methyl sites for hydroxylation is 1. The number of piperazine rings is 1. The second kappa shape index (κ2) is 8.32. The number of hydrogen-bond acceptors (Lipinski definition) is 7. The summed E-state index contributed by atoms with van der Waals surface area (Å²) >= 11 is 0. The van der Waals surface area contributed by atoms with Gasteiger partial charge in [-0.05, 0) is 6.92 Å². The van der Waals surface area contributed by atoms with E-state index in [2.05, 4.69) is 29.7 Å². The molecule has 0 aliphatic carbocycles. The van der Waals surface area contributed by atoms with Crippen LogP contribution in [0.3, 0.4) is 0 Å². The molecule has 2 saturated heterocycles. The average molecular weight is 390 g/mol. The van der Waals surface area contributed by atoms with Crippen LogP contribution in [0, 0.1) is 18.6 Å². The number of nitrogens with zero attached hydrogens (tertiary/aromatic N) is 6. The van der Waals surface area contributed by atoms with E-state index in [9.17, 15) is 8.78 Å². The fourth-order valence-electron chi connectivity index (χ4n) is 3.60. The summed E-state index contributed by atoms with van der Waals surface area (Å²) in [7, 11) is 0. The Balaban J connectivity index is 1.41. The van der Waals surface area contributed by atoms with Crippen molar-refractivity contribution in [3.8, 4) is 0 Å². The monoisotopic (exact) mass is 390 g/mol. The van der Waals surface area contributed by atoms with Gasteiger partial charge in [-0.2, -0.15) is 0 Å². The zero-order chi connectivity index (χ0) is 19.5. The molecule has 0 N–H and O–H groups in total. The third-order valence-electron chi connectivity index (χ3n) is 5.18. The number of aromatic nitrogens is 3. The maximum Gasteiger partial charge on any atom is 0.148 e. The minimum absolute atomic E-state index is 0.0796. The molecule has 4 rings (SSSR count). The van der Waals surface area contributed by atoms with Crippen LogP contribution in [-0.4, -0.2) is 72.3 Å². The van der Waals surface area contributed by atoms with Gasteiger partial charge < -0.3 is 14.5 Å². The number of morpholine rings is 1. The van der Waals surface area contributed by atoms with Crippen molar-refractivity contribution in [2.24, 2.45) is 0 Å². The predicted molar refractivity (Wildman–Crippen MR) is 101 cm³/mol. The van der Waals surface area contributed by atoms with Gasteiger partial charge in [-0.25, -0.2) is 18.7 Å². The number of hydrogen-bond donors (Lipinski definition) is 0. The first-order valence-corrected chi connectivity index (χ1v) is 9.54. The molecule has 7 nitrogen and oxygen atoms in total. The number of rotatable bonds is 4. The molecule has 0 radical (unpaired) electrons. The maximum absolute atomic E-state index is 13.8. The second-order valence-corrected chi connectivity index (χ2v) is 7.08. The van der Waals surface area contributed by atoms with Gasteiger partial charge in [-0.3, -0.25) is 9.88 Å². The lowest BCUT2D eigenvalue weighted by atomic mass is 10.2. The molecule has 9 heteroatoms. The van der Waals surface area contributed by atoms with Crippen LogP contribution < -0.4 is 9.80 Å². The van der Waals surface area contributed by atoms with Crippen molar-refractivity contribution < 1.29 is 13.5 Å². The summed E-state index contributed by atoms with van der Waals surface area (Å²) < 4.78 is 33.1. The normalized spacial score (nSPS) is 18.5. The number of anilines is 2. The van der Waals surface area contributed by atoms with Crippen LogP contribution >= 0.6 is 0 Å². The smallest absolute Gasteiger partial charge is 0.148 e. The molecule has 0 atom stereocenters. The third-order valence-corrected chi connectivity index (χ3v) is 5.18. The van der Waals surface area contributed by atoms with Gasteiger partial charge in [0.25, 0.3) is 0 Å². The Morgan fingerprint density at radius 3 is 2.07 bits per heavy atom. The van der Waals surface area contributed by atoms with E-state index >= 15 is 0 Å². The SMILES string of the molecule is Cc1nc(N2CCOCC2)cc(N2CCN(Cc3c(F)cncc3F)CC2)n1. The first-order chi connectivity index (χ1) is 13.6.